The summed E-state index contributed by atoms with van der Waals surface area (Å²) in [4.78, 5) is 0. The molecule has 0 amide bonds. The van der Waals surface area contributed by atoms with Crippen LogP contribution in [0, 0.1) is 12.7 Å². The van der Waals surface area contributed by atoms with Crippen LogP contribution in [0.3, 0.4) is 0 Å². The van der Waals surface area contributed by atoms with Gasteiger partial charge >= 0.3 is 0 Å². The molecule has 0 aromatic heterocycles. The smallest absolute Gasteiger partial charge is 0.129 e. The molecule has 0 saturated carbocycles. The Kier molecular flexibility index (Phi) is 4.33. The van der Waals surface area contributed by atoms with Crippen LogP contribution >= 0.6 is 23.2 Å². The third-order valence-electron chi connectivity index (χ3n) is 2.89. The number of alkyl halides is 1. The third kappa shape index (κ3) is 3.02. The van der Waals surface area contributed by atoms with Crippen molar-refractivity contribution >= 4 is 23.2 Å². The van der Waals surface area contributed by atoms with Crippen molar-refractivity contribution in [2.45, 2.75) is 12.3 Å². The standard InChI is InChI=1S/C15H13Cl2FO/c1-9-3-6-14(19-2)12(7-9)15(17)11-5-4-10(16)8-13(11)18/h3-8,15H,1-2H3. The first-order chi connectivity index (χ1) is 9.02. The van der Waals surface area contributed by atoms with Crippen molar-refractivity contribution in [2.75, 3.05) is 7.11 Å². The van der Waals surface area contributed by atoms with Crippen LogP contribution in [-0.4, -0.2) is 7.11 Å². The molecular formula is C15H13Cl2FO. The van der Waals surface area contributed by atoms with Crippen LogP contribution in [0.2, 0.25) is 5.02 Å². The first-order valence-corrected chi connectivity index (χ1v) is 6.58. The van der Waals surface area contributed by atoms with Crippen molar-refractivity contribution < 1.29 is 9.13 Å². The summed E-state index contributed by atoms with van der Waals surface area (Å²) < 4.78 is 19.2. The number of methoxy groups -OCH3 is 1. The highest BCUT2D eigenvalue weighted by molar-refractivity contribution is 6.30. The molecule has 2 aromatic rings. The van der Waals surface area contributed by atoms with Crippen LogP contribution in [0.15, 0.2) is 36.4 Å². The van der Waals surface area contributed by atoms with Crippen molar-refractivity contribution in [3.8, 4) is 5.75 Å². The molecule has 0 radical (unpaired) electrons. The van der Waals surface area contributed by atoms with Gasteiger partial charge in [-0.15, -0.1) is 11.6 Å². The lowest BCUT2D eigenvalue weighted by molar-refractivity contribution is 0.410. The highest BCUT2D eigenvalue weighted by Gasteiger charge is 2.19. The zero-order chi connectivity index (χ0) is 14.0. The van der Waals surface area contributed by atoms with Crippen LogP contribution in [0.25, 0.3) is 0 Å². The fourth-order valence-corrected chi connectivity index (χ4v) is 2.43. The Morgan fingerprint density at radius 2 is 1.84 bits per heavy atom. The molecule has 4 heteroatoms. The number of rotatable bonds is 3. The van der Waals surface area contributed by atoms with Gasteiger partial charge in [0.05, 0.1) is 12.5 Å². The molecule has 100 valence electrons. The molecule has 0 N–H and O–H groups in total. The lowest BCUT2D eigenvalue weighted by Crippen LogP contribution is -2.00. The summed E-state index contributed by atoms with van der Waals surface area (Å²) in [6, 6.07) is 10.1. The average molecular weight is 299 g/mol. The van der Waals surface area contributed by atoms with Crippen LogP contribution in [0.4, 0.5) is 4.39 Å². The normalized spacial score (nSPS) is 12.3. The Hall–Kier alpha value is -1.25. The third-order valence-corrected chi connectivity index (χ3v) is 3.60. The predicted molar refractivity (Wildman–Crippen MR) is 76.8 cm³/mol. The molecular weight excluding hydrogens is 286 g/mol. The number of aryl methyl sites for hydroxylation is 1. The van der Waals surface area contributed by atoms with Crippen molar-refractivity contribution in [3.05, 3.63) is 63.9 Å². The van der Waals surface area contributed by atoms with Crippen molar-refractivity contribution in [1.82, 2.24) is 0 Å². The van der Waals surface area contributed by atoms with E-state index in [2.05, 4.69) is 0 Å². The van der Waals surface area contributed by atoms with E-state index in [9.17, 15) is 4.39 Å². The molecule has 0 spiro atoms. The second kappa shape index (κ2) is 5.81. The van der Waals surface area contributed by atoms with Crippen molar-refractivity contribution in [3.63, 3.8) is 0 Å². The van der Waals surface area contributed by atoms with Gasteiger partial charge in [0.1, 0.15) is 11.6 Å². The molecule has 0 aliphatic carbocycles. The summed E-state index contributed by atoms with van der Waals surface area (Å²) in [7, 11) is 1.57. The maximum absolute atomic E-state index is 13.9. The first kappa shape index (κ1) is 14.2. The summed E-state index contributed by atoms with van der Waals surface area (Å²) in [6.45, 7) is 1.95. The Bertz CT molecular complexity index is 599. The van der Waals surface area contributed by atoms with Gasteiger partial charge in [-0.05, 0) is 25.1 Å². The minimum atomic E-state index is -0.618. The number of ether oxygens (including phenoxy) is 1. The Morgan fingerprint density at radius 3 is 2.47 bits per heavy atom. The number of halogens is 3. The molecule has 1 atom stereocenters. The summed E-state index contributed by atoms with van der Waals surface area (Å²) in [5.74, 6) is 0.219. The SMILES string of the molecule is COc1ccc(C)cc1C(Cl)c1ccc(Cl)cc1F. The number of hydrogen-bond acceptors (Lipinski definition) is 1. The summed E-state index contributed by atoms with van der Waals surface area (Å²) in [5, 5.41) is -0.270. The second-order valence-corrected chi connectivity index (χ2v) is 5.15. The molecule has 2 aromatic carbocycles. The summed E-state index contributed by atoms with van der Waals surface area (Å²) in [5.41, 5.74) is 2.16. The van der Waals surface area contributed by atoms with E-state index in [0.29, 0.717) is 16.3 Å². The zero-order valence-corrected chi connectivity index (χ0v) is 12.1. The van der Waals surface area contributed by atoms with Gasteiger partial charge in [0.25, 0.3) is 0 Å². The zero-order valence-electron chi connectivity index (χ0n) is 10.6. The molecule has 1 nitrogen and oxygen atoms in total. The maximum atomic E-state index is 13.9. The summed E-state index contributed by atoms with van der Waals surface area (Å²) >= 11 is 12.1. The fraction of sp³-hybridized carbons (Fsp3) is 0.200. The Balaban J connectivity index is 2.49. The summed E-state index contributed by atoms with van der Waals surface area (Å²) in [6.07, 6.45) is 0. The number of benzene rings is 2. The molecule has 1 unspecified atom stereocenters. The van der Waals surface area contributed by atoms with E-state index in [-0.39, 0.29) is 0 Å². The van der Waals surface area contributed by atoms with E-state index in [0.717, 1.165) is 11.1 Å². The van der Waals surface area contributed by atoms with E-state index < -0.39 is 11.2 Å². The van der Waals surface area contributed by atoms with Gasteiger partial charge in [0.2, 0.25) is 0 Å². The molecule has 19 heavy (non-hydrogen) atoms. The quantitative estimate of drug-likeness (QED) is 0.714. The van der Waals surface area contributed by atoms with Crippen molar-refractivity contribution in [2.24, 2.45) is 0 Å². The monoisotopic (exact) mass is 298 g/mol. The highest BCUT2D eigenvalue weighted by Crippen LogP contribution is 2.37. The van der Waals surface area contributed by atoms with Gasteiger partial charge in [0, 0.05) is 16.1 Å². The van der Waals surface area contributed by atoms with Gasteiger partial charge in [0.15, 0.2) is 0 Å². The average Bonchev–Trinajstić information content (AvgIpc) is 2.38. The molecule has 0 heterocycles. The topological polar surface area (TPSA) is 9.23 Å². The van der Waals surface area contributed by atoms with E-state index >= 15 is 0 Å². The largest absolute Gasteiger partial charge is 0.496 e. The maximum Gasteiger partial charge on any atom is 0.129 e. The Morgan fingerprint density at radius 1 is 1.11 bits per heavy atom. The highest BCUT2D eigenvalue weighted by atomic mass is 35.5. The van der Waals surface area contributed by atoms with E-state index in [1.807, 2.05) is 25.1 Å². The molecule has 2 rings (SSSR count). The minimum Gasteiger partial charge on any atom is -0.496 e. The van der Waals surface area contributed by atoms with E-state index in [1.165, 1.54) is 6.07 Å². The van der Waals surface area contributed by atoms with Crippen LogP contribution < -0.4 is 4.74 Å². The Labute approximate surface area is 121 Å². The first-order valence-electron chi connectivity index (χ1n) is 5.76. The van der Waals surface area contributed by atoms with Crippen LogP contribution in [0.1, 0.15) is 22.1 Å². The van der Waals surface area contributed by atoms with Crippen molar-refractivity contribution in [1.29, 1.82) is 0 Å². The van der Waals surface area contributed by atoms with Gasteiger partial charge in [-0.25, -0.2) is 4.39 Å². The number of hydrogen-bond donors (Lipinski definition) is 0. The molecule has 0 bridgehead atoms. The van der Waals surface area contributed by atoms with Crippen LogP contribution in [0.5, 0.6) is 5.75 Å². The van der Waals surface area contributed by atoms with Gasteiger partial charge in [-0.3, -0.25) is 0 Å². The molecule has 0 aliphatic rings. The van der Waals surface area contributed by atoms with Gasteiger partial charge < -0.3 is 4.74 Å². The second-order valence-electron chi connectivity index (χ2n) is 4.27. The molecule has 0 saturated heterocycles. The predicted octanol–water partition coefficient (Wildman–Crippen LogP) is 5.12. The molecule has 0 aliphatic heterocycles. The van der Waals surface area contributed by atoms with Crippen LogP contribution in [-0.2, 0) is 0 Å². The van der Waals surface area contributed by atoms with E-state index in [4.69, 9.17) is 27.9 Å². The van der Waals surface area contributed by atoms with Gasteiger partial charge in [-0.1, -0.05) is 35.4 Å². The molecule has 0 fully saturated rings. The lowest BCUT2D eigenvalue weighted by atomic mass is 10.0. The minimum absolute atomic E-state index is 0.348. The van der Waals surface area contributed by atoms with E-state index in [1.54, 1.807) is 19.2 Å². The lowest BCUT2D eigenvalue weighted by Gasteiger charge is -2.16. The fourth-order valence-electron chi connectivity index (χ4n) is 1.93. The van der Waals surface area contributed by atoms with Gasteiger partial charge in [-0.2, -0.15) is 0 Å².